The SMILES string of the molecule is COCCN(CCC(N)=NO)C(=O)C1C(C)OC(C)C1C. The lowest BCUT2D eigenvalue weighted by Crippen LogP contribution is -2.43. The van der Waals surface area contributed by atoms with Crippen LogP contribution in [-0.2, 0) is 14.3 Å². The summed E-state index contributed by atoms with van der Waals surface area (Å²) in [7, 11) is 1.60. The minimum atomic E-state index is -0.163. The molecule has 1 aliphatic heterocycles. The molecule has 0 aromatic carbocycles. The van der Waals surface area contributed by atoms with E-state index in [-0.39, 0.29) is 35.8 Å². The third-order valence-electron chi connectivity index (χ3n) is 4.17. The van der Waals surface area contributed by atoms with Gasteiger partial charge in [0.2, 0.25) is 5.91 Å². The second kappa shape index (κ2) is 8.19. The molecule has 1 aliphatic rings. The van der Waals surface area contributed by atoms with Gasteiger partial charge in [-0.15, -0.1) is 0 Å². The Bertz CT molecular complexity index is 375. The van der Waals surface area contributed by atoms with Crippen molar-refractivity contribution in [1.29, 1.82) is 0 Å². The zero-order valence-electron chi connectivity index (χ0n) is 13.3. The lowest BCUT2D eigenvalue weighted by molar-refractivity contribution is -0.138. The molecular formula is C14H27N3O4. The van der Waals surface area contributed by atoms with E-state index < -0.39 is 0 Å². The first kappa shape index (κ1) is 17.7. The van der Waals surface area contributed by atoms with Crippen molar-refractivity contribution in [3.05, 3.63) is 0 Å². The van der Waals surface area contributed by atoms with E-state index in [1.807, 2.05) is 20.8 Å². The maximum Gasteiger partial charge on any atom is 0.228 e. The van der Waals surface area contributed by atoms with Crippen LogP contribution < -0.4 is 5.73 Å². The van der Waals surface area contributed by atoms with Crippen molar-refractivity contribution in [2.45, 2.75) is 39.4 Å². The van der Waals surface area contributed by atoms with E-state index >= 15 is 0 Å². The minimum Gasteiger partial charge on any atom is -0.409 e. The number of amides is 1. The fourth-order valence-electron chi connectivity index (χ4n) is 2.74. The monoisotopic (exact) mass is 301 g/mol. The molecule has 21 heavy (non-hydrogen) atoms. The highest BCUT2D eigenvalue weighted by Crippen LogP contribution is 2.33. The maximum absolute atomic E-state index is 12.8. The molecule has 1 heterocycles. The van der Waals surface area contributed by atoms with E-state index in [9.17, 15) is 4.79 Å². The number of hydrogen-bond acceptors (Lipinski definition) is 5. The van der Waals surface area contributed by atoms with E-state index in [0.29, 0.717) is 26.1 Å². The van der Waals surface area contributed by atoms with Gasteiger partial charge in [-0.25, -0.2) is 0 Å². The standard InChI is InChI=1S/C14H27N3O4/c1-9-10(2)21-11(3)13(9)14(18)17(7-8-20-4)6-5-12(15)16-19/h9-11,13,19H,5-8H2,1-4H3,(H2,15,16). The van der Waals surface area contributed by atoms with Gasteiger partial charge in [-0.2, -0.15) is 0 Å². The summed E-state index contributed by atoms with van der Waals surface area (Å²) in [6, 6.07) is 0. The van der Waals surface area contributed by atoms with Crippen molar-refractivity contribution in [2.75, 3.05) is 26.8 Å². The fraction of sp³-hybridized carbons (Fsp3) is 0.857. The minimum absolute atomic E-state index is 0.0436. The summed E-state index contributed by atoms with van der Waals surface area (Å²) in [4.78, 5) is 14.5. The Morgan fingerprint density at radius 2 is 2.00 bits per heavy atom. The smallest absolute Gasteiger partial charge is 0.228 e. The van der Waals surface area contributed by atoms with E-state index in [1.54, 1.807) is 12.0 Å². The Kier molecular flexibility index (Phi) is 6.91. The second-order valence-corrected chi connectivity index (χ2v) is 5.59. The summed E-state index contributed by atoms with van der Waals surface area (Å²) in [5.41, 5.74) is 5.49. The van der Waals surface area contributed by atoms with Crippen molar-refractivity contribution in [3.63, 3.8) is 0 Å². The summed E-state index contributed by atoms with van der Waals surface area (Å²) < 4.78 is 10.8. The van der Waals surface area contributed by atoms with Gasteiger partial charge >= 0.3 is 0 Å². The molecule has 122 valence electrons. The lowest BCUT2D eigenvalue weighted by Gasteiger charge is -2.28. The van der Waals surface area contributed by atoms with Crippen LogP contribution in [0.3, 0.4) is 0 Å². The Labute approximate surface area is 126 Å². The molecule has 1 saturated heterocycles. The topological polar surface area (TPSA) is 97.4 Å². The molecule has 0 aromatic rings. The Hall–Kier alpha value is -1.34. The third-order valence-corrected chi connectivity index (χ3v) is 4.17. The van der Waals surface area contributed by atoms with Crippen molar-refractivity contribution in [3.8, 4) is 0 Å². The number of hydrogen-bond donors (Lipinski definition) is 2. The van der Waals surface area contributed by atoms with Gasteiger partial charge in [0.05, 0.1) is 24.7 Å². The molecule has 4 atom stereocenters. The number of nitrogens with two attached hydrogens (primary N) is 1. The van der Waals surface area contributed by atoms with Crippen LogP contribution in [0, 0.1) is 11.8 Å². The molecular weight excluding hydrogens is 274 g/mol. The predicted molar refractivity (Wildman–Crippen MR) is 79.1 cm³/mol. The second-order valence-electron chi connectivity index (χ2n) is 5.59. The van der Waals surface area contributed by atoms with Crippen LogP contribution in [0.5, 0.6) is 0 Å². The first-order valence-corrected chi connectivity index (χ1v) is 7.32. The van der Waals surface area contributed by atoms with Crippen LogP contribution in [0.2, 0.25) is 0 Å². The number of methoxy groups -OCH3 is 1. The average molecular weight is 301 g/mol. The number of nitrogens with zero attached hydrogens (tertiary/aromatic N) is 2. The molecule has 7 heteroatoms. The number of oxime groups is 1. The number of ether oxygens (including phenoxy) is 2. The van der Waals surface area contributed by atoms with Gasteiger partial charge < -0.3 is 25.3 Å². The third kappa shape index (κ3) is 4.57. The van der Waals surface area contributed by atoms with Crippen LogP contribution in [0.4, 0.5) is 0 Å². The molecule has 7 nitrogen and oxygen atoms in total. The van der Waals surface area contributed by atoms with Gasteiger partial charge in [0.1, 0.15) is 5.84 Å². The van der Waals surface area contributed by atoms with Crippen molar-refractivity contribution in [1.82, 2.24) is 4.90 Å². The lowest BCUT2D eigenvalue weighted by atomic mass is 9.88. The highest BCUT2D eigenvalue weighted by Gasteiger charge is 2.43. The quantitative estimate of drug-likeness (QED) is 0.311. The molecule has 1 amide bonds. The highest BCUT2D eigenvalue weighted by atomic mass is 16.5. The Morgan fingerprint density at radius 1 is 1.33 bits per heavy atom. The molecule has 0 bridgehead atoms. The molecule has 0 radical (unpaired) electrons. The average Bonchev–Trinajstić information content (AvgIpc) is 2.71. The van der Waals surface area contributed by atoms with Crippen LogP contribution >= 0.6 is 0 Å². The van der Waals surface area contributed by atoms with Crippen molar-refractivity contribution >= 4 is 11.7 Å². The highest BCUT2D eigenvalue weighted by molar-refractivity contribution is 5.82. The van der Waals surface area contributed by atoms with E-state index in [1.165, 1.54) is 0 Å². The molecule has 3 N–H and O–H groups in total. The summed E-state index contributed by atoms with van der Waals surface area (Å²) in [6.45, 7) is 7.30. The molecule has 1 rings (SSSR count). The Balaban J connectivity index is 2.74. The largest absolute Gasteiger partial charge is 0.409 e. The Morgan fingerprint density at radius 3 is 2.48 bits per heavy atom. The molecule has 1 fully saturated rings. The van der Waals surface area contributed by atoms with Crippen LogP contribution in [0.25, 0.3) is 0 Å². The van der Waals surface area contributed by atoms with Gasteiger partial charge in [-0.05, 0) is 19.8 Å². The van der Waals surface area contributed by atoms with Gasteiger partial charge in [-0.3, -0.25) is 4.79 Å². The number of amidine groups is 1. The van der Waals surface area contributed by atoms with Gasteiger partial charge in [0.25, 0.3) is 0 Å². The fourth-order valence-corrected chi connectivity index (χ4v) is 2.74. The molecule has 4 unspecified atom stereocenters. The van der Waals surface area contributed by atoms with Crippen LogP contribution in [-0.4, -0.2) is 60.9 Å². The maximum atomic E-state index is 12.8. The van der Waals surface area contributed by atoms with Gasteiger partial charge in [0.15, 0.2) is 0 Å². The number of rotatable bonds is 7. The van der Waals surface area contributed by atoms with Crippen LogP contribution in [0.1, 0.15) is 27.2 Å². The zero-order valence-corrected chi connectivity index (χ0v) is 13.3. The molecule has 0 saturated carbocycles. The molecule has 0 aromatic heterocycles. The molecule has 0 aliphatic carbocycles. The normalized spacial score (nSPS) is 29.6. The summed E-state index contributed by atoms with van der Waals surface area (Å²) in [5.74, 6) is 0.162. The van der Waals surface area contributed by atoms with E-state index in [0.717, 1.165) is 0 Å². The zero-order chi connectivity index (χ0) is 16.0. The van der Waals surface area contributed by atoms with Crippen molar-refractivity contribution < 1.29 is 19.5 Å². The summed E-state index contributed by atoms with van der Waals surface area (Å²) in [6.07, 6.45) is 0.302. The first-order chi connectivity index (χ1) is 9.92. The predicted octanol–water partition coefficient (Wildman–Crippen LogP) is 0.657. The number of carbonyl (C=O) groups excluding carboxylic acids is 1. The van der Waals surface area contributed by atoms with Crippen LogP contribution in [0.15, 0.2) is 5.16 Å². The van der Waals surface area contributed by atoms with Gasteiger partial charge in [-0.1, -0.05) is 12.1 Å². The first-order valence-electron chi connectivity index (χ1n) is 7.32. The molecule has 0 spiro atoms. The summed E-state index contributed by atoms with van der Waals surface area (Å²) in [5, 5.41) is 11.5. The van der Waals surface area contributed by atoms with Crippen molar-refractivity contribution in [2.24, 2.45) is 22.7 Å². The number of carbonyl (C=O) groups is 1. The van der Waals surface area contributed by atoms with E-state index in [4.69, 9.17) is 20.4 Å². The summed E-state index contributed by atoms with van der Waals surface area (Å²) >= 11 is 0. The van der Waals surface area contributed by atoms with E-state index in [2.05, 4.69) is 5.16 Å². The van der Waals surface area contributed by atoms with Gasteiger partial charge in [0, 0.05) is 26.6 Å².